The third kappa shape index (κ3) is 2.04. The summed E-state index contributed by atoms with van der Waals surface area (Å²) in [6.07, 6.45) is 11.8. The molecular weight excluding hydrogens is 184 g/mol. The molecule has 1 N–H and O–H groups in total. The minimum Gasteiger partial charge on any atom is -0.316 e. The van der Waals surface area contributed by atoms with Crippen molar-refractivity contribution in [3.63, 3.8) is 0 Å². The summed E-state index contributed by atoms with van der Waals surface area (Å²) in [6.45, 7) is 0. The van der Waals surface area contributed by atoms with Gasteiger partial charge in [0.05, 0.1) is 0 Å². The number of hydrogen-bond donors (Lipinski definition) is 1. The van der Waals surface area contributed by atoms with Crippen LogP contribution in [0.25, 0.3) is 0 Å². The van der Waals surface area contributed by atoms with Crippen LogP contribution in [0, 0.1) is 18.3 Å². The normalized spacial score (nSPS) is 37.5. The van der Waals surface area contributed by atoms with Gasteiger partial charge >= 0.3 is 0 Å². The maximum Gasteiger partial charge on any atom is 0.0243 e. The molecule has 2 heteroatoms. The Hall–Kier alpha value is -0.520. The van der Waals surface area contributed by atoms with Gasteiger partial charge in [-0.1, -0.05) is 0 Å². The fourth-order valence-corrected chi connectivity index (χ4v) is 3.41. The first kappa shape index (κ1) is 11.0. The van der Waals surface area contributed by atoms with Crippen LogP contribution in [0.3, 0.4) is 0 Å². The van der Waals surface area contributed by atoms with Crippen LogP contribution < -0.4 is 5.32 Å². The Balaban J connectivity index is 1.98. The summed E-state index contributed by atoms with van der Waals surface area (Å²) in [5.74, 6) is 3.59. The van der Waals surface area contributed by atoms with Crippen molar-refractivity contribution in [3.05, 3.63) is 0 Å². The number of nitrogens with zero attached hydrogens (tertiary/aromatic N) is 1. The van der Waals surface area contributed by atoms with E-state index in [1.807, 2.05) is 7.05 Å². The van der Waals surface area contributed by atoms with E-state index >= 15 is 0 Å². The molecule has 84 valence electrons. The lowest BCUT2D eigenvalue weighted by molar-refractivity contribution is 0.115. The number of piperidine rings is 1. The van der Waals surface area contributed by atoms with Crippen LogP contribution in [-0.2, 0) is 0 Å². The van der Waals surface area contributed by atoms with Gasteiger partial charge in [0, 0.05) is 24.5 Å². The van der Waals surface area contributed by atoms with Crippen molar-refractivity contribution in [2.75, 3.05) is 14.1 Å². The van der Waals surface area contributed by atoms with Gasteiger partial charge in [-0.25, -0.2) is 0 Å². The van der Waals surface area contributed by atoms with Crippen molar-refractivity contribution in [2.45, 2.75) is 50.2 Å². The van der Waals surface area contributed by atoms with Gasteiger partial charge in [0.25, 0.3) is 0 Å². The average molecular weight is 206 g/mol. The van der Waals surface area contributed by atoms with Crippen LogP contribution in [0.4, 0.5) is 0 Å². The summed E-state index contributed by atoms with van der Waals surface area (Å²) in [4.78, 5) is 2.58. The van der Waals surface area contributed by atoms with Crippen molar-refractivity contribution in [1.82, 2.24) is 10.2 Å². The van der Waals surface area contributed by atoms with Crippen LogP contribution in [-0.4, -0.2) is 37.1 Å². The zero-order chi connectivity index (χ0) is 10.8. The topological polar surface area (TPSA) is 15.3 Å². The van der Waals surface area contributed by atoms with Crippen LogP contribution in [0.15, 0.2) is 0 Å². The second-order valence-corrected chi connectivity index (χ2v) is 5.09. The average Bonchev–Trinajstić information content (AvgIpc) is 2.50. The van der Waals surface area contributed by atoms with E-state index in [1.54, 1.807) is 0 Å². The molecule has 0 aromatic carbocycles. The third-order valence-electron chi connectivity index (χ3n) is 4.41. The summed E-state index contributed by atoms with van der Waals surface area (Å²) in [7, 11) is 4.33. The van der Waals surface area contributed by atoms with Gasteiger partial charge in [0.2, 0.25) is 0 Å². The molecule has 0 spiro atoms. The zero-order valence-electron chi connectivity index (χ0n) is 9.87. The highest BCUT2D eigenvalue weighted by Crippen LogP contribution is 2.39. The molecule has 0 saturated carbocycles. The van der Waals surface area contributed by atoms with Gasteiger partial charge < -0.3 is 10.2 Å². The second-order valence-electron chi connectivity index (χ2n) is 5.09. The van der Waals surface area contributed by atoms with E-state index in [0.717, 1.165) is 24.4 Å². The summed E-state index contributed by atoms with van der Waals surface area (Å²) in [5.41, 5.74) is 0. The smallest absolute Gasteiger partial charge is 0.0243 e. The van der Waals surface area contributed by atoms with Crippen LogP contribution >= 0.6 is 0 Å². The largest absolute Gasteiger partial charge is 0.316 e. The predicted molar refractivity (Wildman–Crippen MR) is 63.6 cm³/mol. The van der Waals surface area contributed by atoms with E-state index < -0.39 is 0 Å². The van der Waals surface area contributed by atoms with E-state index in [-0.39, 0.29) is 0 Å². The minimum atomic E-state index is 0.534. The minimum absolute atomic E-state index is 0.534. The van der Waals surface area contributed by atoms with E-state index in [0.29, 0.717) is 6.04 Å². The Kier molecular flexibility index (Phi) is 3.33. The molecule has 2 saturated heterocycles. The van der Waals surface area contributed by atoms with Gasteiger partial charge in [-0.3, -0.25) is 0 Å². The predicted octanol–water partition coefficient (Wildman–Crippen LogP) is 1.47. The Morgan fingerprint density at radius 1 is 1.40 bits per heavy atom. The maximum atomic E-state index is 5.42. The molecule has 0 aromatic rings. The third-order valence-corrected chi connectivity index (χ3v) is 4.41. The molecule has 3 unspecified atom stereocenters. The molecule has 2 aliphatic rings. The lowest BCUT2D eigenvalue weighted by atomic mass is 9.84. The van der Waals surface area contributed by atoms with Crippen molar-refractivity contribution < 1.29 is 0 Å². The number of terminal acetylenes is 1. The standard InChI is InChI=1S/C13H22N2/c1-4-5-13(14-2)10-8-11-6-7-12(9-10)15(11)3/h1,10-14H,5-9H2,2-3H3. The highest BCUT2D eigenvalue weighted by Gasteiger charge is 2.40. The first-order chi connectivity index (χ1) is 7.26. The summed E-state index contributed by atoms with van der Waals surface area (Å²) < 4.78 is 0. The molecule has 2 bridgehead atoms. The molecular formula is C13H22N2. The summed E-state index contributed by atoms with van der Waals surface area (Å²) >= 11 is 0. The molecule has 2 aliphatic heterocycles. The molecule has 0 amide bonds. The molecule has 0 aromatic heterocycles. The number of fused-ring (bicyclic) bond motifs is 2. The van der Waals surface area contributed by atoms with E-state index in [4.69, 9.17) is 6.42 Å². The Morgan fingerprint density at radius 3 is 2.47 bits per heavy atom. The van der Waals surface area contributed by atoms with Crippen LogP contribution in [0.1, 0.15) is 32.1 Å². The zero-order valence-corrected chi connectivity index (χ0v) is 9.87. The highest BCUT2D eigenvalue weighted by molar-refractivity contribution is 4.99. The van der Waals surface area contributed by atoms with Crippen molar-refractivity contribution >= 4 is 0 Å². The molecule has 15 heavy (non-hydrogen) atoms. The fourth-order valence-electron chi connectivity index (χ4n) is 3.41. The number of rotatable bonds is 3. The summed E-state index contributed by atoms with van der Waals surface area (Å²) in [6, 6.07) is 2.18. The van der Waals surface area contributed by atoms with Gasteiger partial charge in [0.1, 0.15) is 0 Å². The SMILES string of the molecule is C#CCC(NC)C1CC2CCC(C1)N2C. The lowest BCUT2D eigenvalue weighted by Crippen LogP contribution is -2.46. The van der Waals surface area contributed by atoms with E-state index in [9.17, 15) is 0 Å². The van der Waals surface area contributed by atoms with Gasteiger partial charge in [-0.05, 0) is 45.7 Å². The van der Waals surface area contributed by atoms with Gasteiger partial charge in [-0.2, -0.15) is 0 Å². The molecule has 0 radical (unpaired) electrons. The summed E-state index contributed by atoms with van der Waals surface area (Å²) in [5, 5.41) is 3.40. The second kappa shape index (κ2) is 4.55. The quantitative estimate of drug-likeness (QED) is 0.704. The molecule has 0 aliphatic carbocycles. The first-order valence-corrected chi connectivity index (χ1v) is 6.09. The molecule has 2 rings (SSSR count). The Morgan fingerprint density at radius 2 is 2.00 bits per heavy atom. The molecule has 3 atom stereocenters. The first-order valence-electron chi connectivity index (χ1n) is 6.09. The Bertz CT molecular complexity index is 242. The van der Waals surface area contributed by atoms with Crippen LogP contribution in [0.5, 0.6) is 0 Å². The number of nitrogens with one attached hydrogen (secondary N) is 1. The number of hydrogen-bond acceptors (Lipinski definition) is 2. The van der Waals surface area contributed by atoms with E-state index in [2.05, 4.69) is 23.2 Å². The van der Waals surface area contributed by atoms with E-state index in [1.165, 1.54) is 25.7 Å². The molecule has 2 nitrogen and oxygen atoms in total. The van der Waals surface area contributed by atoms with Gasteiger partial charge in [0.15, 0.2) is 0 Å². The lowest BCUT2D eigenvalue weighted by Gasteiger charge is -2.39. The molecule has 2 heterocycles. The fraction of sp³-hybridized carbons (Fsp3) is 0.846. The molecule has 2 fully saturated rings. The van der Waals surface area contributed by atoms with Crippen LogP contribution in [0.2, 0.25) is 0 Å². The highest BCUT2D eigenvalue weighted by atomic mass is 15.2. The van der Waals surface area contributed by atoms with Crippen molar-refractivity contribution in [3.8, 4) is 12.3 Å². The van der Waals surface area contributed by atoms with Crippen molar-refractivity contribution in [2.24, 2.45) is 5.92 Å². The Labute approximate surface area is 93.4 Å². The maximum absolute atomic E-state index is 5.42. The van der Waals surface area contributed by atoms with Gasteiger partial charge in [-0.15, -0.1) is 12.3 Å². The van der Waals surface area contributed by atoms with Crippen molar-refractivity contribution in [1.29, 1.82) is 0 Å². The monoisotopic (exact) mass is 206 g/mol.